The minimum atomic E-state index is -1.41. The lowest BCUT2D eigenvalue weighted by atomic mass is 10.0. The number of aliphatic carboxylic acids is 1. The van der Waals surface area contributed by atoms with E-state index in [1.807, 2.05) is 60.7 Å². The van der Waals surface area contributed by atoms with Gasteiger partial charge in [0.25, 0.3) is 5.56 Å². The zero-order chi connectivity index (χ0) is 29.1. The van der Waals surface area contributed by atoms with E-state index in [2.05, 4.69) is 4.98 Å². The summed E-state index contributed by atoms with van der Waals surface area (Å²) >= 11 is 0. The number of H-pyrrole nitrogens is 1. The van der Waals surface area contributed by atoms with E-state index in [9.17, 15) is 19.5 Å². The van der Waals surface area contributed by atoms with Crippen molar-refractivity contribution in [1.29, 1.82) is 0 Å². The van der Waals surface area contributed by atoms with Crippen LogP contribution < -0.4 is 16.0 Å². The number of aromatic amines is 1. The van der Waals surface area contributed by atoms with Gasteiger partial charge in [-0.25, -0.2) is 14.2 Å². The molecule has 208 valence electrons. The summed E-state index contributed by atoms with van der Waals surface area (Å²) in [6.45, 7) is 0. The van der Waals surface area contributed by atoms with E-state index in [0.717, 1.165) is 15.7 Å². The second-order valence-electron chi connectivity index (χ2n) is 9.90. The van der Waals surface area contributed by atoms with Crippen molar-refractivity contribution in [3.63, 3.8) is 0 Å². The molecule has 42 heavy (non-hydrogen) atoms. The molecule has 8 nitrogen and oxygen atoms in total. The topological polar surface area (TPSA) is 115 Å². The van der Waals surface area contributed by atoms with Gasteiger partial charge in [-0.05, 0) is 58.7 Å². The normalized spacial score (nSPS) is 11.8. The lowest BCUT2D eigenvalue weighted by Gasteiger charge is -2.17. The number of hydrogen-bond donors (Lipinski definition) is 2. The lowest BCUT2D eigenvalue weighted by molar-refractivity contribution is -0.141. The minimum Gasteiger partial charge on any atom is -0.480 e. The number of rotatable bonds is 9. The van der Waals surface area contributed by atoms with Crippen LogP contribution in [0.1, 0.15) is 22.9 Å². The Labute approximate surface area is 240 Å². The zero-order valence-electron chi connectivity index (χ0n) is 22.4. The first-order valence-corrected chi connectivity index (χ1v) is 13.4. The van der Waals surface area contributed by atoms with Crippen molar-refractivity contribution in [3.8, 4) is 22.6 Å². The first kappa shape index (κ1) is 26.6. The Bertz CT molecular complexity index is 1960. The molecule has 1 atom stereocenters. The fourth-order valence-electron chi connectivity index (χ4n) is 5.07. The molecule has 2 N–H and O–H groups in total. The molecular weight excluding hydrogens is 532 g/mol. The van der Waals surface area contributed by atoms with Gasteiger partial charge < -0.3 is 19.2 Å². The number of nitrogens with one attached hydrogen (secondary N) is 1. The van der Waals surface area contributed by atoms with Gasteiger partial charge in [-0.1, -0.05) is 72.8 Å². The van der Waals surface area contributed by atoms with E-state index in [4.69, 9.17) is 9.15 Å². The lowest BCUT2D eigenvalue weighted by Crippen LogP contribution is -2.42. The molecule has 2 aromatic heterocycles. The van der Waals surface area contributed by atoms with Gasteiger partial charge in [0, 0.05) is 12.8 Å². The summed E-state index contributed by atoms with van der Waals surface area (Å²) in [5.74, 6) is 0.253. The first-order chi connectivity index (χ1) is 20.5. The molecule has 0 saturated carbocycles. The van der Waals surface area contributed by atoms with Crippen molar-refractivity contribution in [1.82, 2.24) is 9.55 Å². The van der Waals surface area contributed by atoms with Crippen molar-refractivity contribution in [3.05, 3.63) is 153 Å². The van der Waals surface area contributed by atoms with Crippen LogP contribution >= 0.6 is 0 Å². The summed E-state index contributed by atoms with van der Waals surface area (Å²) in [7, 11) is 0. The summed E-state index contributed by atoms with van der Waals surface area (Å²) in [5.41, 5.74) is 2.15. The molecule has 8 heteroatoms. The maximum Gasteiger partial charge on any atom is 0.329 e. The van der Waals surface area contributed by atoms with Gasteiger partial charge >= 0.3 is 11.7 Å². The Hall–Kier alpha value is -5.63. The third-order valence-electron chi connectivity index (χ3n) is 7.10. The van der Waals surface area contributed by atoms with Crippen LogP contribution in [0.3, 0.4) is 0 Å². The average molecular weight is 559 g/mol. The molecular formula is C34H26N2O6. The number of ether oxygens (including phenoxy) is 1. The van der Waals surface area contributed by atoms with E-state index in [0.29, 0.717) is 33.9 Å². The van der Waals surface area contributed by atoms with Crippen LogP contribution in [0.25, 0.3) is 22.0 Å². The predicted octanol–water partition coefficient (Wildman–Crippen LogP) is 6.20. The van der Waals surface area contributed by atoms with Crippen molar-refractivity contribution < 1.29 is 19.1 Å². The molecule has 0 aliphatic rings. The van der Waals surface area contributed by atoms with Crippen molar-refractivity contribution >= 4 is 16.9 Å². The van der Waals surface area contributed by atoms with Crippen molar-refractivity contribution in [2.24, 2.45) is 0 Å². The largest absolute Gasteiger partial charge is 0.480 e. The van der Waals surface area contributed by atoms with Crippen molar-refractivity contribution in [2.75, 3.05) is 0 Å². The van der Waals surface area contributed by atoms with Crippen LogP contribution in [0, 0.1) is 0 Å². The quantitative estimate of drug-likeness (QED) is 0.218. The average Bonchev–Trinajstić information content (AvgIpc) is 3.52. The van der Waals surface area contributed by atoms with Crippen LogP contribution in [0.4, 0.5) is 0 Å². The highest BCUT2D eigenvalue weighted by atomic mass is 16.5. The standard InChI is InChI=1S/C34H26N2O6/c37-32-29-21-28(42-26-15-13-24(14-16-26)23-10-5-2-6-11-23)20-25(19-27-12-7-17-41-27)31(29)35-34(40)36(32)30(33(38)39)18-22-8-3-1-4-9-22/h1-17,20-21,30H,18-19H2,(H,35,40)(H,38,39). The molecule has 2 heterocycles. The van der Waals surface area contributed by atoms with Crippen molar-refractivity contribution in [2.45, 2.75) is 18.9 Å². The molecule has 0 aliphatic carbocycles. The van der Waals surface area contributed by atoms with Gasteiger partial charge in [0.1, 0.15) is 23.3 Å². The fourth-order valence-corrected chi connectivity index (χ4v) is 5.07. The smallest absolute Gasteiger partial charge is 0.329 e. The van der Waals surface area contributed by atoms with Gasteiger partial charge in [0.15, 0.2) is 0 Å². The van der Waals surface area contributed by atoms with Crippen LogP contribution in [0.2, 0.25) is 0 Å². The number of carboxylic acids is 1. The summed E-state index contributed by atoms with van der Waals surface area (Å²) < 4.78 is 12.5. The molecule has 0 fully saturated rings. The SMILES string of the molecule is O=C(O)C(Cc1ccccc1)n1c(=O)[nH]c2c(Cc3ccco3)cc(Oc3ccc(-c4ccccc4)cc3)cc2c1=O. The van der Waals surface area contributed by atoms with Gasteiger partial charge in [-0.15, -0.1) is 0 Å². The Kier molecular flexibility index (Phi) is 7.26. The fraction of sp³-hybridized carbons (Fsp3) is 0.0882. The third-order valence-corrected chi connectivity index (χ3v) is 7.10. The number of carboxylic acid groups (broad SMARTS) is 1. The number of benzene rings is 4. The van der Waals surface area contributed by atoms with Crippen LogP contribution in [-0.2, 0) is 17.6 Å². The second kappa shape index (κ2) is 11.5. The molecule has 0 spiro atoms. The number of aromatic nitrogens is 2. The van der Waals surface area contributed by atoms with Gasteiger partial charge in [-0.3, -0.25) is 4.79 Å². The van der Waals surface area contributed by atoms with E-state index in [-0.39, 0.29) is 18.2 Å². The van der Waals surface area contributed by atoms with E-state index in [1.165, 1.54) is 6.07 Å². The van der Waals surface area contributed by atoms with Gasteiger partial charge in [0.05, 0.1) is 17.2 Å². The highest BCUT2D eigenvalue weighted by Crippen LogP contribution is 2.30. The maximum atomic E-state index is 13.8. The molecule has 6 aromatic rings. The number of carbonyl (C=O) groups is 1. The highest BCUT2D eigenvalue weighted by molar-refractivity contribution is 5.83. The summed E-state index contributed by atoms with van der Waals surface area (Å²) in [4.78, 5) is 42.2. The Balaban J connectivity index is 1.44. The molecule has 0 saturated heterocycles. The molecule has 0 radical (unpaired) electrons. The summed E-state index contributed by atoms with van der Waals surface area (Å²) in [5, 5.41) is 10.2. The Morgan fingerprint density at radius 2 is 1.52 bits per heavy atom. The number of furan rings is 1. The molecule has 0 amide bonds. The molecule has 4 aromatic carbocycles. The second-order valence-corrected chi connectivity index (χ2v) is 9.90. The number of nitrogens with zero attached hydrogens (tertiary/aromatic N) is 1. The summed E-state index contributed by atoms with van der Waals surface area (Å²) in [6.07, 6.45) is 1.79. The highest BCUT2D eigenvalue weighted by Gasteiger charge is 2.26. The predicted molar refractivity (Wildman–Crippen MR) is 159 cm³/mol. The van der Waals surface area contributed by atoms with Crippen LogP contribution in [-0.4, -0.2) is 20.6 Å². The Morgan fingerprint density at radius 1 is 0.833 bits per heavy atom. The van der Waals surface area contributed by atoms with E-state index in [1.54, 1.807) is 48.7 Å². The molecule has 6 rings (SSSR count). The molecule has 0 bridgehead atoms. The number of hydrogen-bond acceptors (Lipinski definition) is 5. The first-order valence-electron chi connectivity index (χ1n) is 13.4. The minimum absolute atomic E-state index is 0.0339. The van der Waals surface area contributed by atoms with Gasteiger partial charge in [0.2, 0.25) is 0 Å². The third kappa shape index (κ3) is 5.51. The Morgan fingerprint density at radius 3 is 2.19 bits per heavy atom. The zero-order valence-corrected chi connectivity index (χ0v) is 22.4. The molecule has 1 unspecified atom stereocenters. The van der Waals surface area contributed by atoms with E-state index < -0.39 is 23.3 Å². The monoisotopic (exact) mass is 558 g/mol. The molecule has 0 aliphatic heterocycles. The number of fused-ring (bicyclic) bond motifs is 1. The van der Waals surface area contributed by atoms with Gasteiger partial charge in [-0.2, -0.15) is 0 Å². The van der Waals surface area contributed by atoms with E-state index >= 15 is 0 Å². The van der Waals surface area contributed by atoms with Crippen LogP contribution in [0.5, 0.6) is 11.5 Å². The van der Waals surface area contributed by atoms with Crippen LogP contribution in [0.15, 0.2) is 129 Å². The maximum absolute atomic E-state index is 13.8. The summed E-state index contributed by atoms with van der Waals surface area (Å²) in [6, 6.07) is 31.8.